The van der Waals surface area contributed by atoms with E-state index in [-0.39, 0.29) is 27.1 Å². The molecule has 6 nitrogen and oxygen atoms in total. The Morgan fingerprint density at radius 3 is 2.52 bits per heavy atom. The van der Waals surface area contributed by atoms with Gasteiger partial charge in [0, 0.05) is 12.7 Å². The quantitative estimate of drug-likeness (QED) is 0.696. The van der Waals surface area contributed by atoms with Crippen LogP contribution in [0.4, 0.5) is 4.79 Å². The molecule has 0 radical (unpaired) electrons. The van der Waals surface area contributed by atoms with E-state index in [1.54, 1.807) is 17.0 Å². The number of rotatable bonds is 6. The normalized spacial score (nSPS) is 23.4. The number of nitrogens with zero attached hydrogens (tertiary/aromatic N) is 1. The maximum Gasteiger partial charge on any atom is 0.323 e. The first-order valence-electron chi connectivity index (χ1n) is 10.2. The van der Waals surface area contributed by atoms with Crippen LogP contribution in [0.25, 0.3) is 0 Å². The highest BCUT2D eigenvalue weighted by Crippen LogP contribution is 2.38. The summed E-state index contributed by atoms with van der Waals surface area (Å²) in [6, 6.07) is 4.50. The molecule has 2 amide bonds. The molecule has 2 aliphatic rings. The molecule has 1 aliphatic heterocycles. The van der Waals surface area contributed by atoms with E-state index in [9.17, 15) is 13.2 Å². The van der Waals surface area contributed by atoms with E-state index in [0.29, 0.717) is 24.9 Å². The Hall–Kier alpha value is -1.57. The summed E-state index contributed by atoms with van der Waals surface area (Å²) >= 11 is 6.44. The average Bonchev–Trinajstić information content (AvgIpc) is 3.19. The molecule has 8 heteroatoms. The lowest BCUT2D eigenvalue weighted by Crippen LogP contribution is -2.61. The lowest BCUT2D eigenvalue weighted by atomic mass is 9.84. The van der Waals surface area contributed by atoms with Crippen LogP contribution >= 0.6 is 11.6 Å². The number of urea groups is 1. The van der Waals surface area contributed by atoms with Crippen molar-refractivity contribution in [1.82, 2.24) is 10.2 Å². The van der Waals surface area contributed by atoms with E-state index < -0.39 is 15.5 Å². The van der Waals surface area contributed by atoms with Gasteiger partial charge in [0.1, 0.15) is 5.66 Å². The smallest absolute Gasteiger partial charge is 0.312 e. The number of benzene rings is 1. The first-order chi connectivity index (χ1) is 13.6. The van der Waals surface area contributed by atoms with Gasteiger partial charge in [0.05, 0.1) is 15.2 Å². The van der Waals surface area contributed by atoms with Gasteiger partial charge in [-0.3, -0.25) is 0 Å². The Bertz CT molecular complexity index is 923. The Morgan fingerprint density at radius 1 is 1.31 bits per heavy atom. The van der Waals surface area contributed by atoms with Crippen LogP contribution in [0.3, 0.4) is 0 Å². The van der Waals surface area contributed by atoms with Crippen LogP contribution in [0.5, 0.6) is 0 Å². The fourth-order valence-corrected chi connectivity index (χ4v) is 6.65. The molecule has 0 spiro atoms. The highest BCUT2D eigenvalue weighted by molar-refractivity contribution is 7.92. The van der Waals surface area contributed by atoms with Crippen molar-refractivity contribution in [3.63, 3.8) is 0 Å². The van der Waals surface area contributed by atoms with Crippen molar-refractivity contribution >= 4 is 27.5 Å². The molecule has 1 saturated carbocycles. The third kappa shape index (κ3) is 4.05. The molecule has 1 atom stereocenters. The van der Waals surface area contributed by atoms with Gasteiger partial charge in [-0.15, -0.1) is 0 Å². The molecule has 3 N–H and O–H groups in total. The highest BCUT2D eigenvalue weighted by atomic mass is 35.5. The molecule has 1 fully saturated rings. The van der Waals surface area contributed by atoms with Crippen molar-refractivity contribution in [3.05, 3.63) is 40.6 Å². The van der Waals surface area contributed by atoms with Gasteiger partial charge in [0.2, 0.25) is 0 Å². The summed E-state index contributed by atoms with van der Waals surface area (Å²) < 4.78 is 25.9. The number of nitrogens with one attached hydrogen (secondary N) is 1. The number of carbonyl (C=O) groups is 1. The summed E-state index contributed by atoms with van der Waals surface area (Å²) in [5, 5.41) is 2.68. The van der Waals surface area contributed by atoms with Crippen LogP contribution in [0.15, 0.2) is 34.9 Å². The lowest BCUT2D eigenvalue weighted by Gasteiger charge is -2.42. The predicted molar refractivity (Wildman–Crippen MR) is 115 cm³/mol. The van der Waals surface area contributed by atoms with E-state index in [4.69, 9.17) is 17.3 Å². The maximum atomic E-state index is 13.0. The van der Waals surface area contributed by atoms with Crippen molar-refractivity contribution in [2.24, 2.45) is 11.7 Å². The predicted octanol–water partition coefficient (Wildman–Crippen LogP) is 4.14. The number of hydrogen-bond acceptors (Lipinski definition) is 4. The van der Waals surface area contributed by atoms with E-state index >= 15 is 0 Å². The van der Waals surface area contributed by atoms with E-state index in [1.807, 2.05) is 27.0 Å². The summed E-state index contributed by atoms with van der Waals surface area (Å²) in [7, 11) is -3.48. The average molecular weight is 440 g/mol. The third-order valence-corrected chi connectivity index (χ3v) is 8.58. The van der Waals surface area contributed by atoms with Crippen LogP contribution in [0, 0.1) is 5.92 Å². The number of nitrogens with two attached hydrogens (primary N) is 1. The molecule has 1 aliphatic carbocycles. The second-order valence-electron chi connectivity index (χ2n) is 8.27. The van der Waals surface area contributed by atoms with Gasteiger partial charge in [0.25, 0.3) is 0 Å². The minimum atomic E-state index is -3.48. The summed E-state index contributed by atoms with van der Waals surface area (Å²) in [5.74, 6) is 0.0700. The first-order valence-corrected chi connectivity index (χ1v) is 12.2. The van der Waals surface area contributed by atoms with Crippen molar-refractivity contribution in [2.75, 3.05) is 6.54 Å². The fourth-order valence-electron chi connectivity index (χ4n) is 4.25. The van der Waals surface area contributed by atoms with Gasteiger partial charge in [-0.2, -0.15) is 0 Å². The summed E-state index contributed by atoms with van der Waals surface area (Å²) in [6.45, 7) is 6.62. The highest BCUT2D eigenvalue weighted by Gasteiger charge is 2.41. The SMILES string of the molecule is CCCN1C=C(C(C)C)[C@](N)(c2ccc(S(=O)(=O)C3CCCC3)c(Cl)c2)NC1=O. The third-order valence-electron chi connectivity index (χ3n) is 5.84. The zero-order valence-electron chi connectivity index (χ0n) is 17.2. The van der Waals surface area contributed by atoms with Crippen LogP contribution in [-0.2, 0) is 15.5 Å². The molecule has 29 heavy (non-hydrogen) atoms. The minimum absolute atomic E-state index is 0.0700. The molecule has 1 heterocycles. The molecule has 3 rings (SSSR count). The number of halogens is 1. The number of hydrogen-bond donors (Lipinski definition) is 2. The molecule has 0 aromatic heterocycles. The van der Waals surface area contributed by atoms with Gasteiger partial charge in [-0.05, 0) is 48.4 Å². The largest absolute Gasteiger partial charge is 0.323 e. The summed E-state index contributed by atoms with van der Waals surface area (Å²) in [5.41, 5.74) is 6.86. The molecular weight excluding hydrogens is 410 g/mol. The van der Waals surface area contributed by atoms with Gasteiger partial charge in [-0.25, -0.2) is 13.2 Å². The molecule has 160 valence electrons. The van der Waals surface area contributed by atoms with E-state index in [2.05, 4.69) is 5.32 Å². The van der Waals surface area contributed by atoms with Crippen LogP contribution in [-0.4, -0.2) is 31.1 Å². The fraction of sp³-hybridized carbons (Fsp3) is 0.571. The Morgan fingerprint density at radius 2 is 1.97 bits per heavy atom. The molecule has 0 bridgehead atoms. The van der Waals surface area contributed by atoms with Crippen molar-refractivity contribution < 1.29 is 13.2 Å². The van der Waals surface area contributed by atoms with Gasteiger partial charge in [-0.1, -0.05) is 51.3 Å². The molecular formula is C21H30ClN3O3S. The summed E-state index contributed by atoms with van der Waals surface area (Å²) in [4.78, 5) is 14.4. The summed E-state index contributed by atoms with van der Waals surface area (Å²) in [6.07, 6.45) is 5.83. The van der Waals surface area contributed by atoms with Crippen LogP contribution in [0.1, 0.15) is 58.4 Å². The lowest BCUT2D eigenvalue weighted by molar-refractivity contribution is 0.192. The van der Waals surface area contributed by atoms with Gasteiger partial charge in [0.15, 0.2) is 9.84 Å². The second-order valence-corrected chi connectivity index (χ2v) is 10.9. The second kappa shape index (κ2) is 8.28. The molecule has 1 aromatic carbocycles. The zero-order chi connectivity index (χ0) is 21.4. The zero-order valence-corrected chi connectivity index (χ0v) is 18.8. The Kier molecular flexibility index (Phi) is 6.32. The van der Waals surface area contributed by atoms with Gasteiger partial charge < -0.3 is 16.0 Å². The Labute approximate surface area is 178 Å². The minimum Gasteiger partial charge on any atom is -0.312 e. The molecule has 0 unspecified atom stereocenters. The van der Waals surface area contributed by atoms with Crippen molar-refractivity contribution in [1.29, 1.82) is 0 Å². The Balaban J connectivity index is 2.02. The number of amides is 2. The monoisotopic (exact) mass is 439 g/mol. The van der Waals surface area contributed by atoms with Crippen LogP contribution < -0.4 is 11.1 Å². The van der Waals surface area contributed by atoms with Crippen LogP contribution in [0.2, 0.25) is 5.02 Å². The first kappa shape index (κ1) is 22.1. The topological polar surface area (TPSA) is 92.5 Å². The number of sulfone groups is 1. The molecule has 0 saturated heterocycles. The molecule has 1 aromatic rings. The number of carbonyl (C=O) groups excluding carboxylic acids is 1. The van der Waals surface area contributed by atoms with Gasteiger partial charge >= 0.3 is 6.03 Å². The maximum absolute atomic E-state index is 13.0. The van der Waals surface area contributed by atoms with Crippen molar-refractivity contribution in [2.45, 2.75) is 68.7 Å². The van der Waals surface area contributed by atoms with Crippen molar-refractivity contribution in [3.8, 4) is 0 Å². The van der Waals surface area contributed by atoms with E-state index in [0.717, 1.165) is 24.8 Å². The standard InChI is InChI=1S/C21H30ClN3O3S/c1-4-11-25-13-17(14(2)3)21(23,24-20(25)26)15-9-10-19(18(22)12-15)29(27,28)16-7-5-6-8-16/h9-10,12-14,16H,4-8,11,23H2,1-3H3,(H,24,26)/t21-/m0/s1. The van der Waals surface area contributed by atoms with E-state index in [1.165, 1.54) is 6.07 Å².